The number of carbonyl (C=O) groups is 1. The molecule has 1 aliphatic rings. The van der Waals surface area contributed by atoms with Crippen molar-refractivity contribution in [1.82, 2.24) is 29.7 Å². The van der Waals surface area contributed by atoms with Gasteiger partial charge in [-0.05, 0) is 30.7 Å². The van der Waals surface area contributed by atoms with Crippen LogP contribution in [0.4, 0.5) is 10.2 Å². The minimum Gasteiger partial charge on any atom is -0.371 e. The van der Waals surface area contributed by atoms with Crippen molar-refractivity contribution >= 4 is 17.4 Å². The van der Waals surface area contributed by atoms with Gasteiger partial charge in [0.25, 0.3) is 0 Å². The van der Waals surface area contributed by atoms with E-state index in [2.05, 4.69) is 20.5 Å². The van der Waals surface area contributed by atoms with Gasteiger partial charge in [-0.15, -0.1) is 5.10 Å². The Labute approximate surface area is 176 Å². The fraction of sp³-hybridized carbons (Fsp3) is 0.238. The third-order valence-corrected chi connectivity index (χ3v) is 5.43. The average Bonchev–Trinajstić information content (AvgIpc) is 3.40. The number of aromatic nitrogens is 5. The van der Waals surface area contributed by atoms with E-state index in [0.29, 0.717) is 35.7 Å². The quantitative estimate of drug-likeness (QED) is 0.487. The molecule has 0 aliphatic carbocycles. The zero-order valence-electron chi connectivity index (χ0n) is 16.7. The van der Waals surface area contributed by atoms with Gasteiger partial charge in [-0.1, -0.05) is 18.2 Å². The van der Waals surface area contributed by atoms with Gasteiger partial charge in [-0.3, -0.25) is 15.0 Å². The molecule has 2 atom stereocenters. The largest absolute Gasteiger partial charge is 0.371 e. The maximum Gasteiger partial charge on any atom is 0.245 e. The molecule has 0 spiro atoms. The molecule has 3 aromatic heterocycles. The van der Waals surface area contributed by atoms with Crippen LogP contribution in [-0.2, 0) is 11.3 Å². The summed E-state index contributed by atoms with van der Waals surface area (Å²) in [5.41, 5.74) is 1.35. The summed E-state index contributed by atoms with van der Waals surface area (Å²) >= 11 is 0. The second-order valence-corrected chi connectivity index (χ2v) is 7.35. The topological polar surface area (TPSA) is 101 Å². The number of hydrogen-bond acceptors (Lipinski definition) is 6. The highest BCUT2D eigenvalue weighted by Gasteiger charge is 2.31. The average molecular weight is 421 g/mol. The van der Waals surface area contributed by atoms with Crippen LogP contribution in [0.2, 0.25) is 0 Å². The molecule has 10 heteroatoms. The van der Waals surface area contributed by atoms with Gasteiger partial charge in [-0.2, -0.15) is 5.10 Å². The lowest BCUT2D eigenvalue weighted by Crippen LogP contribution is -2.45. The Bertz CT molecular complexity index is 1270. The van der Waals surface area contributed by atoms with Crippen LogP contribution in [-0.4, -0.2) is 48.5 Å². The number of amides is 1. The Morgan fingerprint density at radius 1 is 1.19 bits per heavy atom. The highest BCUT2D eigenvalue weighted by molar-refractivity contribution is 5.96. The number of aliphatic hydroxyl groups is 1. The lowest BCUT2D eigenvalue weighted by atomic mass is 10.1. The molecule has 0 saturated carbocycles. The maximum atomic E-state index is 14.3. The SMILES string of the molecule is CN1C(=O)[C@@H](NC(O)c2nc3cccc(-c4ccccc4F)n3n2)CCn2nccc21. The Morgan fingerprint density at radius 2 is 2.03 bits per heavy atom. The lowest BCUT2D eigenvalue weighted by molar-refractivity contribution is -0.121. The van der Waals surface area contributed by atoms with Crippen molar-refractivity contribution in [3.05, 3.63) is 66.4 Å². The van der Waals surface area contributed by atoms with Crippen molar-refractivity contribution in [1.29, 1.82) is 0 Å². The molecule has 0 fully saturated rings. The second kappa shape index (κ2) is 7.56. The number of nitrogens with one attached hydrogen (secondary N) is 1. The molecule has 1 aliphatic heterocycles. The van der Waals surface area contributed by atoms with E-state index in [1.54, 1.807) is 60.4 Å². The molecule has 0 bridgehead atoms. The number of aryl methyl sites for hydroxylation is 1. The standard InChI is InChI=1S/C21H20FN7O2/c1-27-18-9-11-23-28(18)12-10-15(21(27)31)24-20(30)19-25-17-8-4-7-16(29(17)26-19)13-5-2-3-6-14(13)22/h2-9,11,15,20,24,30H,10,12H2,1H3/t15-,20?/m0/s1. The number of fused-ring (bicyclic) bond motifs is 2. The van der Waals surface area contributed by atoms with Crippen LogP contribution in [0.1, 0.15) is 18.5 Å². The van der Waals surface area contributed by atoms with Gasteiger partial charge in [0.15, 0.2) is 17.7 Å². The summed E-state index contributed by atoms with van der Waals surface area (Å²) < 4.78 is 17.5. The zero-order chi connectivity index (χ0) is 21.5. The smallest absolute Gasteiger partial charge is 0.245 e. The molecule has 4 aromatic rings. The van der Waals surface area contributed by atoms with Crippen LogP contribution in [0.15, 0.2) is 54.7 Å². The van der Waals surface area contributed by atoms with Crippen molar-refractivity contribution in [2.45, 2.75) is 25.2 Å². The zero-order valence-corrected chi connectivity index (χ0v) is 16.7. The van der Waals surface area contributed by atoms with Gasteiger partial charge in [0.2, 0.25) is 5.91 Å². The number of pyridine rings is 1. The molecule has 2 N–H and O–H groups in total. The highest BCUT2D eigenvalue weighted by atomic mass is 19.1. The van der Waals surface area contributed by atoms with Crippen LogP contribution >= 0.6 is 0 Å². The molecule has 158 valence electrons. The number of carbonyl (C=O) groups excluding carboxylic acids is 1. The number of halogens is 1. The number of nitrogens with zero attached hydrogens (tertiary/aromatic N) is 6. The summed E-state index contributed by atoms with van der Waals surface area (Å²) in [7, 11) is 1.67. The molecule has 1 unspecified atom stereocenters. The molecule has 31 heavy (non-hydrogen) atoms. The molecule has 4 heterocycles. The van der Waals surface area contributed by atoms with Crippen LogP contribution in [0, 0.1) is 5.82 Å². The highest BCUT2D eigenvalue weighted by Crippen LogP contribution is 2.24. The summed E-state index contributed by atoms with van der Waals surface area (Å²) in [6, 6.07) is 12.7. The monoisotopic (exact) mass is 421 g/mol. The van der Waals surface area contributed by atoms with Gasteiger partial charge in [0, 0.05) is 25.2 Å². The van der Waals surface area contributed by atoms with E-state index in [9.17, 15) is 14.3 Å². The van der Waals surface area contributed by atoms with Crippen molar-refractivity contribution in [2.75, 3.05) is 11.9 Å². The molecule has 1 aromatic carbocycles. The van der Waals surface area contributed by atoms with E-state index in [0.717, 1.165) is 0 Å². The van der Waals surface area contributed by atoms with Crippen LogP contribution in [0.25, 0.3) is 16.9 Å². The van der Waals surface area contributed by atoms with Gasteiger partial charge in [0.1, 0.15) is 11.6 Å². The molecule has 0 radical (unpaired) electrons. The molecule has 0 saturated heterocycles. The first-order valence-corrected chi connectivity index (χ1v) is 9.87. The number of aliphatic hydroxyl groups excluding tert-OH is 1. The summed E-state index contributed by atoms with van der Waals surface area (Å²) in [4.78, 5) is 18.7. The summed E-state index contributed by atoms with van der Waals surface area (Å²) in [5, 5.41) is 22.3. The second-order valence-electron chi connectivity index (χ2n) is 7.35. The van der Waals surface area contributed by atoms with Crippen LogP contribution < -0.4 is 10.2 Å². The number of benzene rings is 1. The van der Waals surface area contributed by atoms with Gasteiger partial charge < -0.3 is 5.11 Å². The normalized spacial score (nSPS) is 17.6. The van der Waals surface area contributed by atoms with Gasteiger partial charge >= 0.3 is 0 Å². The van der Waals surface area contributed by atoms with E-state index < -0.39 is 12.3 Å². The van der Waals surface area contributed by atoms with E-state index in [1.165, 1.54) is 15.5 Å². The van der Waals surface area contributed by atoms with Crippen molar-refractivity contribution in [3.63, 3.8) is 0 Å². The Balaban J connectivity index is 1.42. The summed E-state index contributed by atoms with van der Waals surface area (Å²) in [6.45, 7) is 0.527. The number of rotatable bonds is 4. The van der Waals surface area contributed by atoms with Crippen LogP contribution in [0.5, 0.6) is 0 Å². The third-order valence-electron chi connectivity index (χ3n) is 5.43. The Morgan fingerprint density at radius 3 is 2.87 bits per heavy atom. The molecule has 9 nitrogen and oxygen atoms in total. The number of hydrogen-bond donors (Lipinski definition) is 2. The van der Waals surface area contributed by atoms with Crippen LogP contribution in [0.3, 0.4) is 0 Å². The number of anilines is 1. The first kappa shape index (κ1) is 19.3. The summed E-state index contributed by atoms with van der Waals surface area (Å²) in [5.74, 6) is 0.231. The molecular formula is C21H20FN7O2. The lowest BCUT2D eigenvalue weighted by Gasteiger charge is -2.22. The maximum absolute atomic E-state index is 14.3. The van der Waals surface area contributed by atoms with E-state index >= 15 is 0 Å². The Kier molecular flexibility index (Phi) is 4.72. The molecular weight excluding hydrogens is 401 g/mol. The predicted molar refractivity (Wildman–Crippen MR) is 111 cm³/mol. The fourth-order valence-corrected chi connectivity index (χ4v) is 3.83. The number of likely N-dealkylation sites (N-methyl/N-ethyl adjacent to an activating group) is 1. The minimum absolute atomic E-state index is 0.0984. The fourth-order valence-electron chi connectivity index (χ4n) is 3.83. The van der Waals surface area contributed by atoms with Gasteiger partial charge in [0.05, 0.1) is 17.9 Å². The van der Waals surface area contributed by atoms with Crippen molar-refractivity contribution < 1.29 is 14.3 Å². The minimum atomic E-state index is -1.28. The van der Waals surface area contributed by atoms with Crippen molar-refractivity contribution in [2.24, 2.45) is 0 Å². The van der Waals surface area contributed by atoms with Gasteiger partial charge in [-0.25, -0.2) is 18.6 Å². The van der Waals surface area contributed by atoms with E-state index in [1.807, 2.05) is 0 Å². The van der Waals surface area contributed by atoms with Crippen molar-refractivity contribution in [3.8, 4) is 11.3 Å². The Hall–Kier alpha value is -3.63. The molecule has 5 rings (SSSR count). The first-order chi connectivity index (χ1) is 15.0. The molecule has 1 amide bonds. The van der Waals surface area contributed by atoms with E-state index in [-0.39, 0.29) is 17.5 Å². The third kappa shape index (κ3) is 3.35. The van der Waals surface area contributed by atoms with E-state index in [4.69, 9.17) is 0 Å². The summed E-state index contributed by atoms with van der Waals surface area (Å²) in [6.07, 6.45) is 0.819. The first-order valence-electron chi connectivity index (χ1n) is 9.87. The predicted octanol–water partition coefficient (Wildman–Crippen LogP) is 1.75.